The van der Waals surface area contributed by atoms with Crippen molar-refractivity contribution in [2.45, 2.75) is 19.9 Å². The van der Waals surface area contributed by atoms with Crippen LogP contribution in [0.1, 0.15) is 12.5 Å². The Hall–Kier alpha value is -2.14. The van der Waals surface area contributed by atoms with E-state index in [9.17, 15) is 0 Å². The van der Waals surface area contributed by atoms with Gasteiger partial charge >= 0.3 is 0 Å². The molecule has 110 valence electrons. The van der Waals surface area contributed by atoms with E-state index in [0.29, 0.717) is 11.9 Å². The van der Waals surface area contributed by atoms with Crippen LogP contribution < -0.4 is 15.0 Å². The first kappa shape index (κ1) is 13.8. The van der Waals surface area contributed by atoms with Crippen LogP contribution >= 0.6 is 0 Å². The predicted octanol–water partition coefficient (Wildman–Crippen LogP) is 2.38. The molecule has 2 aromatic rings. The van der Waals surface area contributed by atoms with E-state index in [1.54, 1.807) is 6.33 Å². The van der Waals surface area contributed by atoms with Crippen LogP contribution in [0.3, 0.4) is 0 Å². The van der Waals surface area contributed by atoms with Crippen molar-refractivity contribution in [3.63, 3.8) is 0 Å². The smallest absolute Gasteiger partial charge is 0.224 e. The van der Waals surface area contributed by atoms with E-state index in [2.05, 4.69) is 27.1 Å². The standard InChI is InChI=1S/C16H20N4O/c1-12-4-3-5-14(8-12)21-16-9-15(18-11-19-16)20-7-6-17-13(2)10-20/h3-5,8-9,11,13,17H,6-7,10H2,1-2H3. The zero-order valence-electron chi connectivity index (χ0n) is 12.4. The number of piperazine rings is 1. The number of hydrogen-bond donors (Lipinski definition) is 1. The minimum atomic E-state index is 0.467. The van der Waals surface area contributed by atoms with Crippen LogP contribution in [0, 0.1) is 6.92 Å². The van der Waals surface area contributed by atoms with Crippen molar-refractivity contribution < 1.29 is 4.74 Å². The Labute approximate surface area is 125 Å². The molecule has 21 heavy (non-hydrogen) atoms. The minimum absolute atomic E-state index is 0.467. The Morgan fingerprint density at radius 2 is 2.19 bits per heavy atom. The number of nitrogens with one attached hydrogen (secondary N) is 1. The van der Waals surface area contributed by atoms with Gasteiger partial charge in [0.25, 0.3) is 0 Å². The fourth-order valence-corrected chi connectivity index (χ4v) is 2.50. The van der Waals surface area contributed by atoms with E-state index >= 15 is 0 Å². The summed E-state index contributed by atoms with van der Waals surface area (Å²) in [6.07, 6.45) is 1.56. The molecule has 0 amide bonds. The molecule has 5 heteroatoms. The van der Waals surface area contributed by atoms with Gasteiger partial charge in [-0.05, 0) is 31.5 Å². The number of hydrogen-bond acceptors (Lipinski definition) is 5. The lowest BCUT2D eigenvalue weighted by Gasteiger charge is -2.32. The molecule has 5 nitrogen and oxygen atoms in total. The van der Waals surface area contributed by atoms with E-state index in [4.69, 9.17) is 4.74 Å². The Morgan fingerprint density at radius 3 is 3.00 bits per heavy atom. The molecular weight excluding hydrogens is 264 g/mol. The highest BCUT2D eigenvalue weighted by molar-refractivity contribution is 5.43. The predicted molar refractivity (Wildman–Crippen MR) is 83.0 cm³/mol. The summed E-state index contributed by atoms with van der Waals surface area (Å²) in [4.78, 5) is 10.8. The third-order valence-corrected chi connectivity index (χ3v) is 3.53. The first-order valence-electron chi connectivity index (χ1n) is 7.25. The maximum absolute atomic E-state index is 5.82. The molecule has 0 radical (unpaired) electrons. The molecule has 0 spiro atoms. The topological polar surface area (TPSA) is 50.3 Å². The van der Waals surface area contributed by atoms with Gasteiger partial charge in [-0.25, -0.2) is 9.97 Å². The molecule has 1 aliphatic heterocycles. The second-order valence-corrected chi connectivity index (χ2v) is 5.43. The second-order valence-electron chi connectivity index (χ2n) is 5.43. The summed E-state index contributed by atoms with van der Waals surface area (Å²) < 4.78 is 5.82. The summed E-state index contributed by atoms with van der Waals surface area (Å²) in [5.74, 6) is 2.30. The van der Waals surface area contributed by atoms with Crippen LogP contribution in [0.4, 0.5) is 5.82 Å². The zero-order chi connectivity index (χ0) is 14.7. The lowest BCUT2D eigenvalue weighted by Crippen LogP contribution is -2.49. The summed E-state index contributed by atoms with van der Waals surface area (Å²) >= 11 is 0. The van der Waals surface area contributed by atoms with Crippen LogP contribution in [0.2, 0.25) is 0 Å². The molecule has 1 atom stereocenters. The van der Waals surface area contributed by atoms with E-state index in [-0.39, 0.29) is 0 Å². The van der Waals surface area contributed by atoms with Gasteiger partial charge in [-0.2, -0.15) is 0 Å². The lowest BCUT2D eigenvalue weighted by atomic mass is 10.2. The number of nitrogens with zero attached hydrogens (tertiary/aromatic N) is 3. The van der Waals surface area contributed by atoms with E-state index in [1.807, 2.05) is 37.3 Å². The molecule has 3 rings (SSSR count). The molecule has 1 fully saturated rings. The maximum atomic E-state index is 5.82. The van der Waals surface area contributed by atoms with E-state index in [0.717, 1.165) is 36.8 Å². The summed E-state index contributed by atoms with van der Waals surface area (Å²) in [5, 5.41) is 3.43. The Bertz CT molecular complexity index is 617. The first-order valence-corrected chi connectivity index (χ1v) is 7.25. The number of aryl methyl sites for hydroxylation is 1. The van der Waals surface area contributed by atoms with Gasteiger partial charge in [0.05, 0.1) is 0 Å². The number of anilines is 1. The van der Waals surface area contributed by atoms with Crippen molar-refractivity contribution >= 4 is 5.82 Å². The molecule has 1 aliphatic rings. The van der Waals surface area contributed by atoms with Crippen molar-refractivity contribution in [3.8, 4) is 11.6 Å². The van der Waals surface area contributed by atoms with Gasteiger partial charge in [0.15, 0.2) is 0 Å². The van der Waals surface area contributed by atoms with Crippen LogP contribution in [0.25, 0.3) is 0 Å². The molecule has 0 bridgehead atoms. The van der Waals surface area contributed by atoms with Crippen LogP contribution in [-0.2, 0) is 0 Å². The average Bonchev–Trinajstić information content (AvgIpc) is 2.47. The third-order valence-electron chi connectivity index (χ3n) is 3.53. The van der Waals surface area contributed by atoms with Crippen molar-refractivity contribution in [1.29, 1.82) is 0 Å². The number of rotatable bonds is 3. The molecule has 0 aliphatic carbocycles. The fourth-order valence-electron chi connectivity index (χ4n) is 2.50. The van der Waals surface area contributed by atoms with Gasteiger partial charge < -0.3 is 15.0 Å². The largest absolute Gasteiger partial charge is 0.439 e. The first-order chi connectivity index (χ1) is 10.2. The van der Waals surface area contributed by atoms with Crippen molar-refractivity contribution in [2.75, 3.05) is 24.5 Å². The molecule has 1 unspecified atom stereocenters. The SMILES string of the molecule is Cc1cccc(Oc2cc(N3CCNC(C)C3)ncn2)c1. The molecule has 1 aromatic carbocycles. The highest BCUT2D eigenvalue weighted by atomic mass is 16.5. The van der Waals surface area contributed by atoms with E-state index in [1.165, 1.54) is 0 Å². The monoisotopic (exact) mass is 284 g/mol. The summed E-state index contributed by atoms with van der Waals surface area (Å²) in [6.45, 7) is 7.09. The highest BCUT2D eigenvalue weighted by Gasteiger charge is 2.17. The van der Waals surface area contributed by atoms with Crippen molar-refractivity contribution in [3.05, 3.63) is 42.2 Å². The number of benzene rings is 1. The van der Waals surface area contributed by atoms with E-state index < -0.39 is 0 Å². The van der Waals surface area contributed by atoms with Gasteiger partial charge in [-0.1, -0.05) is 12.1 Å². The fraction of sp³-hybridized carbons (Fsp3) is 0.375. The van der Waals surface area contributed by atoms with Crippen LogP contribution in [0.15, 0.2) is 36.7 Å². The average molecular weight is 284 g/mol. The molecular formula is C16H20N4O. The Kier molecular flexibility index (Phi) is 4.01. The van der Waals surface area contributed by atoms with Gasteiger partial charge in [0.2, 0.25) is 5.88 Å². The summed E-state index contributed by atoms with van der Waals surface area (Å²) in [6, 6.07) is 10.3. The third kappa shape index (κ3) is 3.49. The number of ether oxygens (including phenoxy) is 1. The summed E-state index contributed by atoms with van der Waals surface area (Å²) in [5.41, 5.74) is 1.16. The molecule has 0 saturated carbocycles. The maximum Gasteiger partial charge on any atom is 0.224 e. The van der Waals surface area contributed by atoms with Crippen molar-refractivity contribution in [1.82, 2.24) is 15.3 Å². The quantitative estimate of drug-likeness (QED) is 0.937. The molecule has 1 N–H and O–H groups in total. The van der Waals surface area contributed by atoms with Gasteiger partial charge in [0.1, 0.15) is 17.9 Å². The van der Waals surface area contributed by atoms with Gasteiger partial charge in [-0.15, -0.1) is 0 Å². The lowest BCUT2D eigenvalue weighted by molar-refractivity contribution is 0.457. The highest BCUT2D eigenvalue weighted by Crippen LogP contribution is 2.23. The van der Waals surface area contributed by atoms with Crippen LogP contribution in [0.5, 0.6) is 11.6 Å². The van der Waals surface area contributed by atoms with Crippen molar-refractivity contribution in [2.24, 2.45) is 0 Å². The molecule has 1 aromatic heterocycles. The normalized spacial score (nSPS) is 18.6. The van der Waals surface area contributed by atoms with Gasteiger partial charge in [0, 0.05) is 31.7 Å². The molecule has 1 saturated heterocycles. The summed E-state index contributed by atoms with van der Waals surface area (Å²) in [7, 11) is 0. The Morgan fingerprint density at radius 1 is 1.29 bits per heavy atom. The number of aromatic nitrogens is 2. The second kappa shape index (κ2) is 6.10. The molecule has 2 heterocycles. The van der Waals surface area contributed by atoms with Gasteiger partial charge in [-0.3, -0.25) is 0 Å². The Balaban J connectivity index is 1.76. The minimum Gasteiger partial charge on any atom is -0.439 e. The zero-order valence-corrected chi connectivity index (χ0v) is 12.4. The van der Waals surface area contributed by atoms with Crippen LogP contribution in [-0.4, -0.2) is 35.6 Å².